The first-order chi connectivity index (χ1) is 8.19. The lowest BCUT2D eigenvalue weighted by Gasteiger charge is -2.22. The maximum absolute atomic E-state index is 5.08. The normalized spacial score (nSPS) is 10.6. The van der Waals surface area contributed by atoms with E-state index in [0.717, 1.165) is 30.6 Å². The zero-order chi connectivity index (χ0) is 12.7. The van der Waals surface area contributed by atoms with E-state index in [4.69, 9.17) is 4.74 Å². The quantitative estimate of drug-likeness (QED) is 0.784. The summed E-state index contributed by atoms with van der Waals surface area (Å²) in [6.45, 7) is 2.69. The molecule has 1 rings (SSSR count). The van der Waals surface area contributed by atoms with Crippen LogP contribution in [-0.4, -0.2) is 34.4 Å². The van der Waals surface area contributed by atoms with Gasteiger partial charge >= 0.3 is 0 Å². The van der Waals surface area contributed by atoms with Crippen LogP contribution in [0.3, 0.4) is 0 Å². The molecule has 0 bridgehead atoms. The van der Waals surface area contributed by atoms with E-state index in [2.05, 4.69) is 51.4 Å². The molecule has 0 atom stereocenters. The molecule has 3 nitrogen and oxygen atoms in total. The number of ether oxygens (including phenoxy) is 1. The van der Waals surface area contributed by atoms with E-state index in [-0.39, 0.29) is 0 Å². The van der Waals surface area contributed by atoms with Crippen LogP contribution in [0.5, 0.6) is 0 Å². The van der Waals surface area contributed by atoms with Gasteiger partial charge in [-0.25, -0.2) is 0 Å². The molecule has 96 valence electrons. The van der Waals surface area contributed by atoms with Gasteiger partial charge in [0.15, 0.2) is 0 Å². The highest BCUT2D eigenvalue weighted by Crippen LogP contribution is 2.23. The van der Waals surface area contributed by atoms with Crippen LogP contribution in [0, 0.1) is 0 Å². The van der Waals surface area contributed by atoms with Gasteiger partial charge in [0.05, 0.1) is 0 Å². The minimum atomic E-state index is 0.808. The molecule has 0 saturated carbocycles. The highest BCUT2D eigenvalue weighted by atomic mass is 79.9. The molecule has 0 aromatic heterocycles. The summed E-state index contributed by atoms with van der Waals surface area (Å²) >= 11 is 3.51. The summed E-state index contributed by atoms with van der Waals surface area (Å²) in [7, 11) is 5.83. The summed E-state index contributed by atoms with van der Waals surface area (Å²) in [6.07, 6.45) is 1.04. The van der Waals surface area contributed by atoms with E-state index in [9.17, 15) is 0 Å². The van der Waals surface area contributed by atoms with Crippen LogP contribution in [0.1, 0.15) is 12.0 Å². The first-order valence-electron chi connectivity index (χ1n) is 5.82. The fourth-order valence-corrected chi connectivity index (χ4v) is 2.23. The van der Waals surface area contributed by atoms with E-state index in [0.29, 0.717) is 0 Å². The second-order valence-electron chi connectivity index (χ2n) is 4.07. The molecule has 0 amide bonds. The van der Waals surface area contributed by atoms with E-state index >= 15 is 0 Å². The predicted octanol–water partition coefficient (Wildman–Crippen LogP) is 2.64. The van der Waals surface area contributed by atoms with Gasteiger partial charge in [0, 0.05) is 44.0 Å². The SMILES string of the molecule is CNCc1cc(Br)ccc1N(C)CCCOC. The predicted molar refractivity (Wildman–Crippen MR) is 76.7 cm³/mol. The standard InChI is InChI=1S/C13H21BrN2O/c1-15-10-11-9-12(14)5-6-13(11)16(2)7-4-8-17-3/h5-6,9,15H,4,7-8,10H2,1-3H3. The number of benzene rings is 1. The lowest BCUT2D eigenvalue weighted by molar-refractivity contribution is 0.196. The van der Waals surface area contributed by atoms with Crippen molar-refractivity contribution in [2.45, 2.75) is 13.0 Å². The molecule has 4 heteroatoms. The van der Waals surface area contributed by atoms with Crippen LogP contribution >= 0.6 is 15.9 Å². The molecule has 0 fully saturated rings. The molecule has 1 N–H and O–H groups in total. The van der Waals surface area contributed by atoms with Crippen molar-refractivity contribution < 1.29 is 4.74 Å². The summed E-state index contributed by atoms with van der Waals surface area (Å²) in [6, 6.07) is 6.41. The Labute approximate surface area is 112 Å². The molecule has 0 aliphatic carbocycles. The number of halogens is 1. The van der Waals surface area contributed by atoms with Crippen molar-refractivity contribution in [3.63, 3.8) is 0 Å². The van der Waals surface area contributed by atoms with Crippen LogP contribution in [-0.2, 0) is 11.3 Å². The van der Waals surface area contributed by atoms with Gasteiger partial charge in [-0.2, -0.15) is 0 Å². The summed E-state index contributed by atoms with van der Waals surface area (Å²) in [5.74, 6) is 0. The second-order valence-corrected chi connectivity index (χ2v) is 4.99. The first-order valence-corrected chi connectivity index (χ1v) is 6.61. The van der Waals surface area contributed by atoms with E-state index in [1.807, 2.05) is 7.05 Å². The zero-order valence-corrected chi connectivity index (χ0v) is 12.4. The van der Waals surface area contributed by atoms with Crippen molar-refractivity contribution in [2.24, 2.45) is 0 Å². The molecule has 0 heterocycles. The van der Waals surface area contributed by atoms with Gasteiger partial charge in [-0.1, -0.05) is 15.9 Å². The van der Waals surface area contributed by atoms with Crippen molar-refractivity contribution in [1.29, 1.82) is 0 Å². The molecule has 0 spiro atoms. The molecule has 0 unspecified atom stereocenters. The first kappa shape index (κ1) is 14.5. The van der Waals surface area contributed by atoms with Crippen LogP contribution in [0.2, 0.25) is 0 Å². The summed E-state index contributed by atoms with van der Waals surface area (Å²) in [5.41, 5.74) is 2.58. The van der Waals surface area contributed by atoms with Gasteiger partial charge in [-0.05, 0) is 37.2 Å². The number of methoxy groups -OCH3 is 1. The average molecular weight is 301 g/mol. The van der Waals surface area contributed by atoms with Gasteiger partial charge in [0.25, 0.3) is 0 Å². The largest absolute Gasteiger partial charge is 0.385 e. The second kappa shape index (κ2) is 7.69. The Bertz CT molecular complexity index is 344. The highest BCUT2D eigenvalue weighted by molar-refractivity contribution is 9.10. The van der Waals surface area contributed by atoms with Gasteiger partial charge in [0.2, 0.25) is 0 Å². The minimum Gasteiger partial charge on any atom is -0.385 e. The zero-order valence-electron chi connectivity index (χ0n) is 10.8. The monoisotopic (exact) mass is 300 g/mol. The molecule has 1 aromatic carbocycles. The third kappa shape index (κ3) is 4.66. The Morgan fingerprint density at radius 2 is 2.18 bits per heavy atom. The van der Waals surface area contributed by atoms with Crippen LogP contribution in [0.25, 0.3) is 0 Å². The van der Waals surface area contributed by atoms with Crippen molar-refractivity contribution in [1.82, 2.24) is 5.32 Å². The van der Waals surface area contributed by atoms with E-state index in [1.54, 1.807) is 7.11 Å². The maximum Gasteiger partial charge on any atom is 0.0479 e. The van der Waals surface area contributed by atoms with Gasteiger partial charge in [0.1, 0.15) is 0 Å². The molecule has 0 aliphatic heterocycles. The third-order valence-corrected chi connectivity index (χ3v) is 3.16. The molecule has 0 radical (unpaired) electrons. The molecule has 0 saturated heterocycles. The molecule has 1 aromatic rings. The summed E-state index contributed by atoms with van der Waals surface area (Å²) in [5, 5.41) is 3.20. The third-order valence-electron chi connectivity index (χ3n) is 2.66. The van der Waals surface area contributed by atoms with Gasteiger partial charge < -0.3 is 15.0 Å². The minimum absolute atomic E-state index is 0.808. The Kier molecular flexibility index (Phi) is 6.55. The maximum atomic E-state index is 5.08. The number of rotatable bonds is 7. The Morgan fingerprint density at radius 1 is 1.41 bits per heavy atom. The Morgan fingerprint density at radius 3 is 2.82 bits per heavy atom. The highest BCUT2D eigenvalue weighted by Gasteiger charge is 2.07. The van der Waals surface area contributed by atoms with Crippen molar-refractivity contribution in [2.75, 3.05) is 39.3 Å². The Hall–Kier alpha value is -0.580. The fraction of sp³-hybridized carbons (Fsp3) is 0.538. The molecule has 17 heavy (non-hydrogen) atoms. The summed E-state index contributed by atoms with van der Waals surface area (Å²) in [4.78, 5) is 2.28. The topological polar surface area (TPSA) is 24.5 Å². The van der Waals surface area contributed by atoms with E-state index in [1.165, 1.54) is 11.3 Å². The van der Waals surface area contributed by atoms with Crippen LogP contribution < -0.4 is 10.2 Å². The van der Waals surface area contributed by atoms with E-state index < -0.39 is 0 Å². The number of nitrogens with zero attached hydrogens (tertiary/aromatic N) is 1. The molecular formula is C13H21BrN2O. The summed E-state index contributed by atoms with van der Waals surface area (Å²) < 4.78 is 6.20. The molecular weight excluding hydrogens is 280 g/mol. The van der Waals surface area contributed by atoms with Gasteiger partial charge in [-0.3, -0.25) is 0 Å². The number of hydrogen-bond donors (Lipinski definition) is 1. The van der Waals surface area contributed by atoms with Gasteiger partial charge in [-0.15, -0.1) is 0 Å². The van der Waals surface area contributed by atoms with Crippen molar-refractivity contribution in [3.05, 3.63) is 28.2 Å². The Balaban J connectivity index is 2.73. The van der Waals surface area contributed by atoms with Crippen molar-refractivity contribution in [3.8, 4) is 0 Å². The average Bonchev–Trinajstić information content (AvgIpc) is 2.30. The smallest absolute Gasteiger partial charge is 0.0479 e. The molecule has 0 aliphatic rings. The van der Waals surface area contributed by atoms with Crippen molar-refractivity contribution >= 4 is 21.6 Å². The number of hydrogen-bond acceptors (Lipinski definition) is 3. The van der Waals surface area contributed by atoms with Crippen LogP contribution in [0.15, 0.2) is 22.7 Å². The number of anilines is 1. The fourth-order valence-electron chi connectivity index (χ4n) is 1.83. The lowest BCUT2D eigenvalue weighted by atomic mass is 10.1. The van der Waals surface area contributed by atoms with Crippen LogP contribution in [0.4, 0.5) is 5.69 Å². The number of nitrogens with one attached hydrogen (secondary N) is 1. The lowest BCUT2D eigenvalue weighted by Crippen LogP contribution is -2.22.